The lowest BCUT2D eigenvalue weighted by atomic mass is 9.46. The van der Waals surface area contributed by atoms with Gasteiger partial charge in [-0.1, -0.05) is 45.9 Å². The van der Waals surface area contributed by atoms with Crippen LogP contribution in [-0.2, 0) is 47.6 Å². The maximum Gasteiger partial charge on any atom is 0.338 e. The van der Waals surface area contributed by atoms with Gasteiger partial charge in [-0.15, -0.1) is 0 Å². The first-order valence-corrected chi connectivity index (χ1v) is 16.8. The van der Waals surface area contributed by atoms with Crippen LogP contribution in [-0.4, -0.2) is 82.8 Å². The molecule has 1 saturated heterocycles. The number of carbonyl (C=O) groups excluding carboxylic acids is 5. The summed E-state index contributed by atoms with van der Waals surface area (Å²) in [6.07, 6.45) is -4.71. The van der Waals surface area contributed by atoms with E-state index in [1.807, 2.05) is 13.8 Å². The average Bonchev–Trinajstić information content (AvgIpc) is 3.19. The molecule has 3 fully saturated rings. The highest BCUT2D eigenvalue weighted by Gasteiger charge is 2.86. The number of carbonyl (C=O) groups is 5. The minimum absolute atomic E-state index is 0.00791. The van der Waals surface area contributed by atoms with Crippen molar-refractivity contribution in [1.29, 1.82) is 0 Å². The molecule has 1 aromatic carbocycles. The van der Waals surface area contributed by atoms with E-state index in [0.717, 1.165) is 0 Å². The van der Waals surface area contributed by atoms with Crippen LogP contribution < -0.4 is 0 Å². The van der Waals surface area contributed by atoms with Gasteiger partial charge in [-0.2, -0.15) is 0 Å². The molecule has 12 nitrogen and oxygen atoms in total. The van der Waals surface area contributed by atoms with Gasteiger partial charge in [-0.3, -0.25) is 19.2 Å². The number of aliphatic hydroxyl groups is 1. The van der Waals surface area contributed by atoms with Gasteiger partial charge in [-0.05, 0) is 52.2 Å². The molecule has 2 aliphatic carbocycles. The fourth-order valence-corrected chi connectivity index (χ4v) is 7.83. The Morgan fingerprint density at radius 3 is 1.98 bits per heavy atom. The average molecular weight is 675 g/mol. The van der Waals surface area contributed by atoms with Gasteiger partial charge in [0.05, 0.1) is 28.6 Å². The Labute approximate surface area is 282 Å². The van der Waals surface area contributed by atoms with Crippen molar-refractivity contribution < 1.29 is 57.5 Å². The van der Waals surface area contributed by atoms with Gasteiger partial charge in [0.25, 0.3) is 0 Å². The van der Waals surface area contributed by atoms with Crippen LogP contribution >= 0.6 is 0 Å². The number of esters is 5. The van der Waals surface area contributed by atoms with Crippen LogP contribution in [0.2, 0.25) is 0 Å². The third-order valence-electron chi connectivity index (χ3n) is 10.7. The monoisotopic (exact) mass is 674 g/mol. The quantitative estimate of drug-likeness (QED) is 0.262. The molecule has 1 heterocycles. The van der Waals surface area contributed by atoms with E-state index in [2.05, 4.69) is 0 Å². The van der Waals surface area contributed by atoms with Crippen molar-refractivity contribution in [3.8, 4) is 0 Å². The van der Waals surface area contributed by atoms with Crippen LogP contribution in [0.25, 0.3) is 0 Å². The van der Waals surface area contributed by atoms with E-state index in [1.165, 1.54) is 20.8 Å². The lowest BCUT2D eigenvalue weighted by Crippen LogP contribution is -2.83. The van der Waals surface area contributed by atoms with Gasteiger partial charge in [0, 0.05) is 26.2 Å². The summed E-state index contributed by atoms with van der Waals surface area (Å²) in [6, 6.07) is 8.24. The van der Waals surface area contributed by atoms with E-state index < -0.39 is 101 Å². The van der Waals surface area contributed by atoms with Gasteiger partial charge < -0.3 is 33.5 Å². The van der Waals surface area contributed by atoms with Crippen molar-refractivity contribution in [2.45, 2.75) is 129 Å². The van der Waals surface area contributed by atoms with Gasteiger partial charge >= 0.3 is 29.8 Å². The summed E-state index contributed by atoms with van der Waals surface area (Å²) < 4.78 is 37.4. The summed E-state index contributed by atoms with van der Waals surface area (Å²) in [5, 5.41) is 12.7. The Hall–Kier alpha value is -3.51. The van der Waals surface area contributed by atoms with Gasteiger partial charge in [0.15, 0.2) is 11.7 Å². The van der Waals surface area contributed by atoms with Crippen molar-refractivity contribution in [3.63, 3.8) is 0 Å². The standard InChI is InChI=1S/C36H50O12/c1-10-20(3)30(39)45-26-18-34(9,42)36-28(44-23(6)38)25(33(7,8)48-36)17-27(46-32(41)24-15-13-12-14-16-24)35(36,19-43-22(5)37)29(26)47-31(40)21(4)11-2/h12-16,20-21,25-29,42H,10-11,17-19H2,1-9H3/t20-,21-,25-,26-,27+,28-,29+,34+,35-,36+/m1/s1. The summed E-state index contributed by atoms with van der Waals surface area (Å²) in [5.41, 5.74) is -6.85. The molecule has 0 aromatic heterocycles. The molecule has 0 amide bonds. The Morgan fingerprint density at radius 1 is 0.854 bits per heavy atom. The van der Waals surface area contributed by atoms with E-state index in [1.54, 1.807) is 58.0 Å². The minimum Gasteiger partial charge on any atom is -0.465 e. The van der Waals surface area contributed by atoms with Crippen molar-refractivity contribution in [1.82, 2.24) is 0 Å². The first-order chi connectivity index (χ1) is 22.4. The van der Waals surface area contributed by atoms with Crippen LogP contribution in [0, 0.1) is 23.2 Å². The van der Waals surface area contributed by atoms with Crippen molar-refractivity contribution in [3.05, 3.63) is 35.9 Å². The molecule has 0 unspecified atom stereocenters. The van der Waals surface area contributed by atoms with E-state index >= 15 is 0 Å². The number of ether oxygens (including phenoxy) is 6. The molecule has 12 heteroatoms. The van der Waals surface area contributed by atoms with Crippen LogP contribution in [0.15, 0.2) is 30.3 Å². The predicted molar refractivity (Wildman–Crippen MR) is 170 cm³/mol. The highest BCUT2D eigenvalue weighted by molar-refractivity contribution is 5.89. The molecule has 2 bridgehead atoms. The number of hydrogen-bond donors (Lipinski definition) is 1. The zero-order valence-corrected chi connectivity index (χ0v) is 29.4. The van der Waals surface area contributed by atoms with Crippen LogP contribution in [0.3, 0.4) is 0 Å². The third kappa shape index (κ3) is 6.33. The molecule has 1 aromatic rings. The number of hydrogen-bond acceptors (Lipinski definition) is 12. The van der Waals surface area contributed by atoms with Crippen LogP contribution in [0.1, 0.15) is 98.4 Å². The summed E-state index contributed by atoms with van der Waals surface area (Å²) in [5.74, 6) is -5.16. The fourth-order valence-electron chi connectivity index (χ4n) is 7.83. The second kappa shape index (κ2) is 13.8. The van der Waals surface area contributed by atoms with E-state index in [4.69, 9.17) is 28.4 Å². The Morgan fingerprint density at radius 2 is 1.44 bits per heavy atom. The molecule has 4 rings (SSSR count). The van der Waals surface area contributed by atoms with E-state index in [9.17, 15) is 29.1 Å². The molecule has 48 heavy (non-hydrogen) atoms. The fraction of sp³-hybridized carbons (Fsp3) is 0.694. The minimum atomic E-state index is -2.01. The van der Waals surface area contributed by atoms with Gasteiger partial charge in [0.1, 0.15) is 30.3 Å². The zero-order valence-electron chi connectivity index (χ0n) is 29.4. The molecule has 10 atom stereocenters. The topological polar surface area (TPSA) is 161 Å². The molecule has 2 saturated carbocycles. The zero-order chi connectivity index (χ0) is 35.8. The molecular formula is C36H50O12. The summed E-state index contributed by atoms with van der Waals surface area (Å²) in [6.45, 7) is 13.8. The highest BCUT2D eigenvalue weighted by Crippen LogP contribution is 2.69. The molecular weight excluding hydrogens is 624 g/mol. The van der Waals surface area contributed by atoms with E-state index in [-0.39, 0.29) is 18.4 Å². The third-order valence-corrected chi connectivity index (χ3v) is 10.7. The maximum atomic E-state index is 13.8. The lowest BCUT2D eigenvalue weighted by molar-refractivity contribution is -0.356. The Balaban J connectivity index is 2.07. The smallest absolute Gasteiger partial charge is 0.338 e. The lowest BCUT2D eigenvalue weighted by Gasteiger charge is -2.65. The maximum absolute atomic E-state index is 13.8. The van der Waals surface area contributed by atoms with Gasteiger partial charge in [0.2, 0.25) is 0 Å². The second-order valence-electron chi connectivity index (χ2n) is 14.3. The number of benzene rings is 1. The van der Waals surface area contributed by atoms with Crippen LogP contribution in [0.4, 0.5) is 0 Å². The predicted octanol–water partition coefficient (Wildman–Crippen LogP) is 4.33. The summed E-state index contributed by atoms with van der Waals surface area (Å²) in [7, 11) is 0. The summed E-state index contributed by atoms with van der Waals surface area (Å²) in [4.78, 5) is 66.4. The van der Waals surface area contributed by atoms with E-state index in [0.29, 0.717) is 12.8 Å². The summed E-state index contributed by atoms with van der Waals surface area (Å²) >= 11 is 0. The normalized spacial score (nSPS) is 34.5. The molecule has 1 N–H and O–H groups in total. The Kier molecular flexibility index (Phi) is 10.7. The van der Waals surface area contributed by atoms with Gasteiger partial charge in [-0.25, -0.2) is 4.79 Å². The first kappa shape index (κ1) is 37.3. The molecule has 1 aliphatic heterocycles. The SMILES string of the molecule is CC[C@@H](C)C(=O)O[C@@H]1C[C@](C)(O)[C@]23OC(C)(C)[C@H](C[C@H](OC(=O)c4ccccc4)[C@]2(COC(C)=O)[C@H]1OC(=O)[C@H](C)CC)[C@H]3OC(C)=O. The van der Waals surface area contributed by atoms with Crippen LogP contribution in [0.5, 0.6) is 0 Å². The molecule has 1 spiro atoms. The molecule has 3 aliphatic rings. The Bertz CT molecular complexity index is 1390. The first-order valence-electron chi connectivity index (χ1n) is 16.8. The van der Waals surface area contributed by atoms with Crippen molar-refractivity contribution >= 4 is 29.8 Å². The highest BCUT2D eigenvalue weighted by atomic mass is 16.6. The number of rotatable bonds is 11. The van der Waals surface area contributed by atoms with Crippen molar-refractivity contribution in [2.75, 3.05) is 6.61 Å². The second-order valence-corrected chi connectivity index (χ2v) is 14.3. The largest absolute Gasteiger partial charge is 0.465 e. The number of fused-ring (bicyclic) bond motifs is 1. The van der Waals surface area contributed by atoms with Crippen molar-refractivity contribution in [2.24, 2.45) is 23.2 Å². The molecule has 0 radical (unpaired) electrons. The molecule has 266 valence electrons.